The van der Waals surface area contributed by atoms with E-state index in [4.69, 9.17) is 15.0 Å². The minimum absolute atomic E-state index is 0.555. The monoisotopic (exact) mass is 715 g/mol. The Bertz CT molecular complexity index is 3180. The molecule has 0 bridgehead atoms. The van der Waals surface area contributed by atoms with Crippen LogP contribution in [0.15, 0.2) is 200 Å². The fourth-order valence-electron chi connectivity index (χ4n) is 8.35. The number of hydrogen-bond acceptors (Lipinski definition) is 3. The van der Waals surface area contributed by atoms with Gasteiger partial charge in [0.25, 0.3) is 0 Å². The smallest absolute Gasteiger partial charge is 0.238 e. The summed E-state index contributed by atoms with van der Waals surface area (Å²) in [7, 11) is 0. The first kappa shape index (κ1) is 31.9. The minimum Gasteiger partial charge on any atom is -0.309 e. The van der Waals surface area contributed by atoms with Gasteiger partial charge in [0.2, 0.25) is 5.95 Å². The largest absolute Gasteiger partial charge is 0.309 e. The van der Waals surface area contributed by atoms with Gasteiger partial charge in [-0.15, -0.1) is 0 Å². The molecule has 0 saturated heterocycles. The molecular weight excluding hydrogens is 683 g/mol. The third kappa shape index (κ3) is 5.06. The maximum Gasteiger partial charge on any atom is 0.238 e. The van der Waals surface area contributed by atoms with E-state index >= 15 is 0 Å². The molecule has 0 amide bonds. The molecule has 0 saturated carbocycles. The van der Waals surface area contributed by atoms with E-state index in [9.17, 15) is 0 Å². The Kier molecular flexibility index (Phi) is 7.42. The van der Waals surface area contributed by atoms with E-state index in [0.29, 0.717) is 17.6 Å². The van der Waals surface area contributed by atoms with E-state index in [2.05, 4.69) is 191 Å². The molecule has 3 heterocycles. The molecule has 0 aliphatic heterocycles. The van der Waals surface area contributed by atoms with Crippen molar-refractivity contribution in [3.63, 3.8) is 0 Å². The van der Waals surface area contributed by atoms with Crippen molar-refractivity contribution in [2.45, 2.75) is 0 Å². The molecule has 0 spiro atoms. The first-order valence-corrected chi connectivity index (χ1v) is 18.9. The fraction of sp³-hybridized carbons (Fsp3) is 0. The lowest BCUT2D eigenvalue weighted by Gasteiger charge is -2.16. The van der Waals surface area contributed by atoms with E-state index in [1.807, 2.05) is 18.2 Å². The van der Waals surface area contributed by atoms with Crippen LogP contribution in [0.2, 0.25) is 0 Å². The van der Waals surface area contributed by atoms with Crippen molar-refractivity contribution in [3.05, 3.63) is 200 Å². The van der Waals surface area contributed by atoms with Gasteiger partial charge >= 0.3 is 0 Å². The molecule has 0 fully saturated rings. The van der Waals surface area contributed by atoms with E-state index in [1.54, 1.807) is 0 Å². The van der Waals surface area contributed by atoms with E-state index in [1.165, 1.54) is 10.8 Å². The zero-order chi connectivity index (χ0) is 37.0. The standard InChI is InChI=1S/C51H33N5/c1-4-18-34(19-5-1)37-32-33-38(35-20-6-2-7-21-35)48-47(37)41-26-12-16-30-45(41)56(48)51-53-49(36-22-8-3-9-23-36)52-50(54-51)42-27-13-17-31-46(42)55-43-28-14-10-24-39(43)40-25-11-15-29-44(40)55/h1-33H. The molecule has 5 nitrogen and oxygen atoms in total. The summed E-state index contributed by atoms with van der Waals surface area (Å²) in [5.41, 5.74) is 11.7. The summed E-state index contributed by atoms with van der Waals surface area (Å²) in [6.07, 6.45) is 0. The van der Waals surface area contributed by atoms with E-state index in [-0.39, 0.29) is 0 Å². The van der Waals surface area contributed by atoms with Crippen LogP contribution in [0.1, 0.15) is 0 Å². The van der Waals surface area contributed by atoms with Gasteiger partial charge in [-0.2, -0.15) is 9.97 Å². The average Bonchev–Trinajstić information content (AvgIpc) is 3.81. The Hall–Kier alpha value is -7.63. The van der Waals surface area contributed by atoms with Gasteiger partial charge in [-0.3, -0.25) is 4.57 Å². The summed E-state index contributed by atoms with van der Waals surface area (Å²) in [6.45, 7) is 0. The molecule has 0 radical (unpaired) electrons. The predicted octanol–water partition coefficient (Wildman–Crippen LogP) is 12.7. The zero-order valence-electron chi connectivity index (χ0n) is 30.3. The van der Waals surface area contributed by atoms with Crippen LogP contribution in [0.4, 0.5) is 0 Å². The molecular formula is C51H33N5. The van der Waals surface area contributed by atoms with Gasteiger partial charge in [0.1, 0.15) is 0 Å². The summed E-state index contributed by atoms with van der Waals surface area (Å²) < 4.78 is 4.59. The number of nitrogens with zero attached hydrogens (tertiary/aromatic N) is 5. The first-order chi connectivity index (χ1) is 27.8. The van der Waals surface area contributed by atoms with Crippen LogP contribution in [-0.2, 0) is 0 Å². The van der Waals surface area contributed by atoms with Crippen LogP contribution in [0.3, 0.4) is 0 Å². The van der Waals surface area contributed by atoms with Crippen LogP contribution >= 0.6 is 0 Å². The van der Waals surface area contributed by atoms with Gasteiger partial charge in [-0.25, -0.2) is 4.98 Å². The molecule has 0 atom stereocenters. The summed E-state index contributed by atoms with van der Waals surface area (Å²) in [4.78, 5) is 16.1. The molecule has 0 unspecified atom stereocenters. The molecule has 8 aromatic carbocycles. The molecule has 11 rings (SSSR count). The van der Waals surface area contributed by atoms with Crippen LogP contribution in [-0.4, -0.2) is 24.1 Å². The molecule has 11 aromatic rings. The Morgan fingerprint density at radius 1 is 0.304 bits per heavy atom. The highest BCUT2D eigenvalue weighted by Crippen LogP contribution is 2.43. The van der Waals surface area contributed by atoms with Gasteiger partial charge < -0.3 is 4.57 Å². The van der Waals surface area contributed by atoms with Gasteiger partial charge in [-0.1, -0.05) is 170 Å². The highest BCUT2D eigenvalue weighted by atomic mass is 15.2. The van der Waals surface area contributed by atoms with Gasteiger partial charge in [-0.05, 0) is 47.0 Å². The minimum atomic E-state index is 0.555. The Labute approximate surface area is 323 Å². The van der Waals surface area contributed by atoms with Crippen molar-refractivity contribution in [1.29, 1.82) is 0 Å². The summed E-state index contributed by atoms with van der Waals surface area (Å²) >= 11 is 0. The number of hydrogen-bond donors (Lipinski definition) is 0. The second-order valence-corrected chi connectivity index (χ2v) is 14.0. The lowest BCUT2D eigenvalue weighted by atomic mass is 9.94. The lowest BCUT2D eigenvalue weighted by Crippen LogP contribution is -2.08. The molecule has 5 heteroatoms. The zero-order valence-corrected chi connectivity index (χ0v) is 30.3. The SMILES string of the molecule is c1ccc(-c2nc(-c3ccccc3-n3c4ccccc4c4ccccc43)nc(-n3c4ccccc4c4c(-c5ccccc5)ccc(-c5ccccc5)c43)n2)cc1. The molecule has 0 aliphatic carbocycles. The number of aromatic nitrogens is 5. The number of rotatable bonds is 6. The first-order valence-electron chi connectivity index (χ1n) is 18.9. The van der Waals surface area contributed by atoms with Crippen molar-refractivity contribution in [3.8, 4) is 56.7 Å². The fourth-order valence-corrected chi connectivity index (χ4v) is 8.35. The summed E-state index contributed by atoms with van der Waals surface area (Å²) in [5.74, 6) is 1.76. The highest BCUT2D eigenvalue weighted by molar-refractivity contribution is 6.19. The summed E-state index contributed by atoms with van der Waals surface area (Å²) in [6, 6.07) is 70.2. The molecule has 262 valence electrons. The Morgan fingerprint density at radius 2 is 0.768 bits per heavy atom. The second kappa shape index (κ2) is 13.0. The van der Waals surface area contributed by atoms with Crippen molar-refractivity contribution >= 4 is 43.6 Å². The van der Waals surface area contributed by atoms with E-state index < -0.39 is 0 Å². The van der Waals surface area contributed by atoms with Crippen LogP contribution < -0.4 is 0 Å². The third-order valence-electron chi connectivity index (χ3n) is 10.8. The number of benzene rings is 8. The Balaban J connectivity index is 1.25. The van der Waals surface area contributed by atoms with Crippen molar-refractivity contribution in [2.24, 2.45) is 0 Å². The maximum absolute atomic E-state index is 5.47. The van der Waals surface area contributed by atoms with Crippen molar-refractivity contribution in [2.75, 3.05) is 0 Å². The second-order valence-electron chi connectivity index (χ2n) is 14.0. The van der Waals surface area contributed by atoms with Crippen molar-refractivity contribution in [1.82, 2.24) is 24.1 Å². The molecule has 0 N–H and O–H groups in total. The van der Waals surface area contributed by atoms with Crippen LogP contribution in [0, 0.1) is 0 Å². The van der Waals surface area contributed by atoms with Crippen LogP contribution in [0.25, 0.3) is 100 Å². The highest BCUT2D eigenvalue weighted by Gasteiger charge is 2.24. The van der Waals surface area contributed by atoms with Gasteiger partial charge in [0.15, 0.2) is 11.6 Å². The Morgan fingerprint density at radius 3 is 1.41 bits per heavy atom. The number of para-hydroxylation sites is 4. The molecule has 0 aliphatic rings. The number of fused-ring (bicyclic) bond motifs is 6. The topological polar surface area (TPSA) is 48.5 Å². The van der Waals surface area contributed by atoms with E-state index in [0.717, 1.165) is 71.9 Å². The van der Waals surface area contributed by atoms with Gasteiger partial charge in [0, 0.05) is 38.2 Å². The molecule has 3 aromatic heterocycles. The normalized spacial score (nSPS) is 11.6. The maximum atomic E-state index is 5.47. The lowest BCUT2D eigenvalue weighted by molar-refractivity contribution is 0.952. The quantitative estimate of drug-likeness (QED) is 0.172. The van der Waals surface area contributed by atoms with Gasteiger partial charge in [0.05, 0.1) is 27.8 Å². The molecule has 56 heavy (non-hydrogen) atoms. The third-order valence-corrected chi connectivity index (χ3v) is 10.8. The summed E-state index contributed by atoms with van der Waals surface area (Å²) in [5, 5.41) is 4.69. The average molecular weight is 716 g/mol. The van der Waals surface area contributed by atoms with Crippen molar-refractivity contribution < 1.29 is 0 Å². The predicted molar refractivity (Wildman–Crippen MR) is 230 cm³/mol. The van der Waals surface area contributed by atoms with Crippen LogP contribution in [0.5, 0.6) is 0 Å².